The highest BCUT2D eigenvalue weighted by Gasteiger charge is 2.33. The number of benzene rings is 1. The van der Waals surface area contributed by atoms with E-state index in [1.807, 2.05) is 0 Å². The fraction of sp³-hybridized carbons (Fsp3) is 0.0833. The molecule has 2 rings (SSSR count). The van der Waals surface area contributed by atoms with E-state index in [9.17, 15) is 18.0 Å². The van der Waals surface area contributed by atoms with Crippen LogP contribution in [0, 0.1) is 0 Å². The number of carboxylic acid groups (broad SMARTS) is 1. The molecule has 2 N–H and O–H groups in total. The SMILES string of the molecule is Cl.O=C(O)c1ccc(-c2ccccc2C(F)(F)F)[nH]1. The number of aromatic amines is 1. The van der Waals surface area contributed by atoms with Crippen LogP contribution in [0.2, 0.25) is 0 Å². The van der Waals surface area contributed by atoms with E-state index in [-0.39, 0.29) is 29.4 Å². The Morgan fingerprint density at radius 2 is 1.74 bits per heavy atom. The maximum absolute atomic E-state index is 12.8. The first kappa shape index (κ1) is 15.1. The van der Waals surface area contributed by atoms with E-state index in [4.69, 9.17) is 5.11 Å². The molecule has 19 heavy (non-hydrogen) atoms. The predicted octanol–water partition coefficient (Wildman–Crippen LogP) is 3.82. The van der Waals surface area contributed by atoms with Crippen LogP contribution in [0.3, 0.4) is 0 Å². The minimum Gasteiger partial charge on any atom is -0.477 e. The van der Waals surface area contributed by atoms with Crippen molar-refractivity contribution in [3.63, 3.8) is 0 Å². The standard InChI is InChI=1S/C12H8F3NO2.ClH/c13-12(14,15)8-4-2-1-3-7(8)9-5-6-10(16-9)11(17)18;/h1-6,16H,(H,17,18);1H. The van der Waals surface area contributed by atoms with Gasteiger partial charge in [0.15, 0.2) is 0 Å². The molecule has 0 atom stereocenters. The van der Waals surface area contributed by atoms with Crippen LogP contribution in [-0.2, 0) is 6.18 Å². The van der Waals surface area contributed by atoms with Crippen LogP contribution in [0.25, 0.3) is 11.3 Å². The number of aromatic carboxylic acids is 1. The molecule has 0 aliphatic rings. The molecule has 1 heterocycles. The zero-order valence-electron chi connectivity index (χ0n) is 9.36. The molecule has 0 amide bonds. The number of carboxylic acids is 1. The lowest BCUT2D eigenvalue weighted by Crippen LogP contribution is -2.07. The molecule has 0 aliphatic heterocycles. The second-order valence-electron chi connectivity index (χ2n) is 3.63. The summed E-state index contributed by atoms with van der Waals surface area (Å²) < 4.78 is 38.3. The first-order valence-electron chi connectivity index (χ1n) is 4.98. The summed E-state index contributed by atoms with van der Waals surface area (Å²) in [5.41, 5.74) is -0.899. The van der Waals surface area contributed by atoms with Gasteiger partial charge in [-0.3, -0.25) is 0 Å². The number of hydrogen-bond donors (Lipinski definition) is 2. The van der Waals surface area contributed by atoms with Crippen LogP contribution >= 0.6 is 12.4 Å². The molecule has 1 aromatic heterocycles. The number of aromatic nitrogens is 1. The summed E-state index contributed by atoms with van der Waals surface area (Å²) >= 11 is 0. The van der Waals surface area contributed by atoms with E-state index in [0.717, 1.165) is 6.07 Å². The molecule has 2 aromatic rings. The van der Waals surface area contributed by atoms with Crippen LogP contribution in [0.5, 0.6) is 0 Å². The number of rotatable bonds is 2. The first-order chi connectivity index (χ1) is 8.39. The average molecular weight is 292 g/mol. The highest BCUT2D eigenvalue weighted by atomic mass is 35.5. The zero-order valence-corrected chi connectivity index (χ0v) is 10.2. The van der Waals surface area contributed by atoms with Gasteiger partial charge in [-0.15, -0.1) is 12.4 Å². The average Bonchev–Trinajstić information content (AvgIpc) is 2.77. The van der Waals surface area contributed by atoms with Gasteiger partial charge in [-0.2, -0.15) is 13.2 Å². The Balaban J connectivity index is 0.00000180. The van der Waals surface area contributed by atoms with E-state index in [1.54, 1.807) is 0 Å². The van der Waals surface area contributed by atoms with E-state index < -0.39 is 17.7 Å². The lowest BCUT2D eigenvalue weighted by Gasteiger charge is -2.11. The largest absolute Gasteiger partial charge is 0.477 e. The number of alkyl halides is 3. The Kier molecular flexibility index (Phi) is 4.26. The molecule has 0 fully saturated rings. The summed E-state index contributed by atoms with van der Waals surface area (Å²) in [6.07, 6.45) is -4.48. The van der Waals surface area contributed by atoms with Crippen LogP contribution in [-0.4, -0.2) is 16.1 Å². The van der Waals surface area contributed by atoms with E-state index in [0.29, 0.717) is 0 Å². The fourth-order valence-electron chi connectivity index (χ4n) is 1.64. The lowest BCUT2D eigenvalue weighted by atomic mass is 10.0. The summed E-state index contributed by atoms with van der Waals surface area (Å²) in [4.78, 5) is 13.1. The van der Waals surface area contributed by atoms with Crippen LogP contribution < -0.4 is 0 Å². The molecule has 3 nitrogen and oxygen atoms in total. The quantitative estimate of drug-likeness (QED) is 0.884. The van der Waals surface area contributed by atoms with Crippen molar-refractivity contribution < 1.29 is 23.1 Å². The van der Waals surface area contributed by atoms with Crippen molar-refractivity contribution in [3.8, 4) is 11.3 Å². The van der Waals surface area contributed by atoms with Gasteiger partial charge in [0.05, 0.1) is 5.56 Å². The molecule has 7 heteroatoms. The number of hydrogen-bond acceptors (Lipinski definition) is 1. The minimum atomic E-state index is -4.48. The summed E-state index contributed by atoms with van der Waals surface area (Å²) in [7, 11) is 0. The zero-order chi connectivity index (χ0) is 13.3. The Labute approximate surface area is 112 Å². The molecule has 0 unspecified atom stereocenters. The second kappa shape index (κ2) is 5.36. The highest BCUT2D eigenvalue weighted by molar-refractivity contribution is 5.87. The summed E-state index contributed by atoms with van der Waals surface area (Å²) in [6.45, 7) is 0. The van der Waals surface area contributed by atoms with Crippen molar-refractivity contribution in [1.82, 2.24) is 4.98 Å². The Bertz CT molecular complexity index is 593. The summed E-state index contributed by atoms with van der Waals surface area (Å²) in [6, 6.07) is 7.54. The molecule has 0 aliphatic carbocycles. The fourth-order valence-corrected chi connectivity index (χ4v) is 1.64. The summed E-state index contributed by atoms with van der Waals surface area (Å²) in [5.74, 6) is -1.22. The van der Waals surface area contributed by atoms with Gasteiger partial charge >= 0.3 is 12.1 Å². The number of nitrogens with one attached hydrogen (secondary N) is 1. The van der Waals surface area contributed by atoms with Crippen molar-refractivity contribution in [3.05, 3.63) is 47.7 Å². The molecule has 0 saturated carbocycles. The molecule has 102 valence electrons. The molecular formula is C12H9ClF3NO2. The van der Waals surface area contributed by atoms with E-state index >= 15 is 0 Å². The summed E-state index contributed by atoms with van der Waals surface area (Å²) in [5, 5.41) is 8.72. The van der Waals surface area contributed by atoms with Gasteiger partial charge < -0.3 is 10.1 Å². The third-order valence-electron chi connectivity index (χ3n) is 2.44. The van der Waals surface area contributed by atoms with E-state index in [1.165, 1.54) is 30.3 Å². The first-order valence-corrected chi connectivity index (χ1v) is 4.98. The number of halogens is 4. The van der Waals surface area contributed by atoms with Crippen molar-refractivity contribution in [2.75, 3.05) is 0 Å². The maximum Gasteiger partial charge on any atom is 0.417 e. The smallest absolute Gasteiger partial charge is 0.417 e. The lowest BCUT2D eigenvalue weighted by molar-refractivity contribution is -0.137. The van der Waals surface area contributed by atoms with Gasteiger partial charge in [-0.25, -0.2) is 4.79 Å². The number of H-pyrrole nitrogens is 1. The van der Waals surface area contributed by atoms with Gasteiger partial charge in [0, 0.05) is 11.3 Å². The number of carbonyl (C=O) groups is 1. The second-order valence-corrected chi connectivity index (χ2v) is 3.63. The third-order valence-corrected chi connectivity index (χ3v) is 2.44. The van der Waals surface area contributed by atoms with Gasteiger partial charge in [-0.05, 0) is 18.2 Å². The monoisotopic (exact) mass is 291 g/mol. The Morgan fingerprint density at radius 3 is 2.26 bits per heavy atom. The van der Waals surface area contributed by atoms with Crippen LogP contribution in [0.15, 0.2) is 36.4 Å². The highest BCUT2D eigenvalue weighted by Crippen LogP contribution is 2.36. The topological polar surface area (TPSA) is 53.1 Å². The van der Waals surface area contributed by atoms with Crippen LogP contribution in [0.1, 0.15) is 16.1 Å². The van der Waals surface area contributed by atoms with Crippen LogP contribution in [0.4, 0.5) is 13.2 Å². The Hall–Kier alpha value is -1.95. The van der Waals surface area contributed by atoms with Gasteiger partial charge in [0.2, 0.25) is 0 Å². The minimum absolute atomic E-state index is 0. The molecular weight excluding hydrogens is 283 g/mol. The van der Waals surface area contributed by atoms with Crippen molar-refractivity contribution in [2.45, 2.75) is 6.18 Å². The predicted molar refractivity (Wildman–Crippen MR) is 65.4 cm³/mol. The molecule has 1 aromatic carbocycles. The maximum atomic E-state index is 12.8. The van der Waals surface area contributed by atoms with Crippen molar-refractivity contribution in [1.29, 1.82) is 0 Å². The Morgan fingerprint density at radius 1 is 1.11 bits per heavy atom. The van der Waals surface area contributed by atoms with Gasteiger partial charge in [-0.1, -0.05) is 18.2 Å². The van der Waals surface area contributed by atoms with Gasteiger partial charge in [0.25, 0.3) is 0 Å². The molecule has 0 spiro atoms. The van der Waals surface area contributed by atoms with Gasteiger partial charge in [0.1, 0.15) is 5.69 Å². The molecule has 0 radical (unpaired) electrons. The third kappa shape index (κ3) is 3.08. The molecule has 0 saturated heterocycles. The normalized spacial score (nSPS) is 10.9. The van der Waals surface area contributed by atoms with E-state index in [2.05, 4.69) is 4.98 Å². The van der Waals surface area contributed by atoms with Crippen molar-refractivity contribution >= 4 is 18.4 Å². The van der Waals surface area contributed by atoms with Crippen molar-refractivity contribution in [2.24, 2.45) is 0 Å². The molecule has 0 bridgehead atoms.